The summed E-state index contributed by atoms with van der Waals surface area (Å²) in [5.41, 5.74) is 0.469. The van der Waals surface area contributed by atoms with E-state index in [-0.39, 0.29) is 12.1 Å². The Morgan fingerprint density at radius 3 is 2.85 bits per heavy atom. The number of hydrogen-bond donors (Lipinski definition) is 4. The van der Waals surface area contributed by atoms with Crippen molar-refractivity contribution in [2.45, 2.75) is 6.54 Å². The maximum Gasteiger partial charge on any atom is 0.336 e. The number of benzene rings is 1. The number of aromatic amines is 1. The van der Waals surface area contributed by atoms with Gasteiger partial charge in [0.05, 0.1) is 12.1 Å². The lowest BCUT2D eigenvalue weighted by Crippen LogP contribution is -2.28. The monoisotopic (exact) mass is 338 g/mol. The van der Waals surface area contributed by atoms with Gasteiger partial charge in [-0.3, -0.25) is 0 Å². The molecule has 0 fully saturated rings. The van der Waals surface area contributed by atoms with Crippen LogP contribution in [0.3, 0.4) is 0 Å². The van der Waals surface area contributed by atoms with E-state index in [1.807, 2.05) is 0 Å². The first-order chi connectivity index (χ1) is 9.56. The summed E-state index contributed by atoms with van der Waals surface area (Å²) in [5, 5.41) is 14.1. The summed E-state index contributed by atoms with van der Waals surface area (Å²) >= 11 is 3.13. The molecule has 4 N–H and O–H groups in total. The SMILES string of the molecule is O=C(NCc1ncc[nH]1)Nc1ccc(Br)c(C(=O)O)c1. The van der Waals surface area contributed by atoms with E-state index in [0.717, 1.165) is 0 Å². The highest BCUT2D eigenvalue weighted by atomic mass is 79.9. The van der Waals surface area contributed by atoms with Crippen molar-refractivity contribution in [1.82, 2.24) is 15.3 Å². The number of carboxylic acid groups (broad SMARTS) is 1. The third-order valence-electron chi connectivity index (χ3n) is 2.43. The van der Waals surface area contributed by atoms with E-state index in [0.29, 0.717) is 16.0 Å². The number of urea groups is 1. The number of amides is 2. The van der Waals surface area contributed by atoms with Gasteiger partial charge in [0.15, 0.2) is 0 Å². The van der Waals surface area contributed by atoms with E-state index in [2.05, 4.69) is 36.5 Å². The number of nitrogens with zero attached hydrogens (tertiary/aromatic N) is 1. The zero-order chi connectivity index (χ0) is 14.5. The van der Waals surface area contributed by atoms with Crippen LogP contribution in [-0.2, 0) is 6.54 Å². The first-order valence-corrected chi connectivity index (χ1v) is 6.41. The van der Waals surface area contributed by atoms with Crippen LogP contribution in [0.4, 0.5) is 10.5 Å². The minimum Gasteiger partial charge on any atom is -0.478 e. The zero-order valence-corrected chi connectivity index (χ0v) is 11.8. The van der Waals surface area contributed by atoms with Gasteiger partial charge in [-0.15, -0.1) is 0 Å². The number of H-pyrrole nitrogens is 1. The summed E-state index contributed by atoms with van der Waals surface area (Å²) < 4.78 is 0.451. The highest BCUT2D eigenvalue weighted by Gasteiger charge is 2.10. The van der Waals surface area contributed by atoms with Crippen LogP contribution >= 0.6 is 15.9 Å². The average molecular weight is 339 g/mol. The number of nitrogens with one attached hydrogen (secondary N) is 3. The maximum atomic E-state index is 11.7. The number of carbonyl (C=O) groups excluding carboxylic acids is 1. The smallest absolute Gasteiger partial charge is 0.336 e. The molecule has 0 saturated heterocycles. The molecule has 0 aliphatic rings. The first kappa shape index (κ1) is 14.1. The molecule has 8 heteroatoms. The van der Waals surface area contributed by atoms with Crippen LogP contribution in [-0.4, -0.2) is 27.1 Å². The maximum absolute atomic E-state index is 11.7. The largest absolute Gasteiger partial charge is 0.478 e. The van der Waals surface area contributed by atoms with Gasteiger partial charge in [-0.25, -0.2) is 14.6 Å². The number of carbonyl (C=O) groups is 2. The Bertz CT molecular complexity index is 628. The number of aromatic nitrogens is 2. The normalized spacial score (nSPS) is 10.1. The Balaban J connectivity index is 1.97. The number of aromatic carboxylic acids is 1. The molecule has 1 aromatic carbocycles. The van der Waals surface area contributed by atoms with E-state index in [4.69, 9.17) is 5.11 Å². The van der Waals surface area contributed by atoms with E-state index >= 15 is 0 Å². The molecule has 7 nitrogen and oxygen atoms in total. The van der Waals surface area contributed by atoms with Crippen LogP contribution in [0.2, 0.25) is 0 Å². The van der Waals surface area contributed by atoms with Gasteiger partial charge in [0.1, 0.15) is 5.82 Å². The number of anilines is 1. The lowest BCUT2D eigenvalue weighted by molar-refractivity contribution is 0.0696. The van der Waals surface area contributed by atoms with Gasteiger partial charge in [-0.05, 0) is 34.1 Å². The van der Waals surface area contributed by atoms with Gasteiger partial charge in [0, 0.05) is 22.6 Å². The summed E-state index contributed by atoms with van der Waals surface area (Å²) in [6.45, 7) is 0.251. The van der Waals surface area contributed by atoms with Crippen LogP contribution in [0.15, 0.2) is 35.1 Å². The second-order valence-electron chi connectivity index (χ2n) is 3.84. The van der Waals surface area contributed by atoms with Crippen LogP contribution in [0.5, 0.6) is 0 Å². The number of hydrogen-bond acceptors (Lipinski definition) is 3. The molecule has 0 aliphatic heterocycles. The molecule has 0 spiro atoms. The standard InChI is InChI=1S/C12H11BrN4O3/c13-9-2-1-7(5-8(9)11(18)19)17-12(20)16-6-10-14-3-4-15-10/h1-5H,6H2,(H,14,15)(H,18,19)(H2,16,17,20). The van der Waals surface area contributed by atoms with Gasteiger partial charge in [0.25, 0.3) is 0 Å². The average Bonchev–Trinajstić information content (AvgIpc) is 2.91. The summed E-state index contributed by atoms with van der Waals surface area (Å²) in [6, 6.07) is 4.09. The summed E-state index contributed by atoms with van der Waals surface area (Å²) in [4.78, 5) is 29.4. The number of rotatable bonds is 4. The fourth-order valence-corrected chi connectivity index (χ4v) is 1.92. The molecule has 0 atom stereocenters. The minimum absolute atomic E-state index is 0.0776. The second kappa shape index (κ2) is 6.20. The molecule has 104 valence electrons. The Labute approximate surface area is 122 Å². The van der Waals surface area contributed by atoms with E-state index < -0.39 is 12.0 Å². The molecule has 2 aromatic rings. The van der Waals surface area contributed by atoms with Crippen molar-refractivity contribution in [2.24, 2.45) is 0 Å². The fraction of sp³-hybridized carbons (Fsp3) is 0.0833. The molecule has 0 unspecified atom stereocenters. The summed E-state index contributed by atoms with van der Waals surface area (Å²) in [7, 11) is 0. The highest BCUT2D eigenvalue weighted by Crippen LogP contribution is 2.21. The Morgan fingerprint density at radius 2 is 2.20 bits per heavy atom. The molecule has 2 amide bonds. The lowest BCUT2D eigenvalue weighted by atomic mass is 10.2. The van der Waals surface area contributed by atoms with Crippen LogP contribution in [0, 0.1) is 0 Å². The molecular formula is C12H11BrN4O3. The van der Waals surface area contributed by atoms with Crippen molar-refractivity contribution in [3.8, 4) is 0 Å². The van der Waals surface area contributed by atoms with Gasteiger partial charge in [0.2, 0.25) is 0 Å². The highest BCUT2D eigenvalue weighted by molar-refractivity contribution is 9.10. The Hall–Kier alpha value is -2.35. The van der Waals surface area contributed by atoms with Crippen LogP contribution < -0.4 is 10.6 Å². The molecule has 2 rings (SSSR count). The summed E-state index contributed by atoms with van der Waals surface area (Å²) in [5.74, 6) is -0.446. The minimum atomic E-state index is -1.07. The van der Waals surface area contributed by atoms with E-state index in [1.165, 1.54) is 6.07 Å². The quantitative estimate of drug-likeness (QED) is 0.685. The summed E-state index contributed by atoms with van der Waals surface area (Å²) in [6.07, 6.45) is 3.24. The number of halogens is 1. The van der Waals surface area contributed by atoms with E-state index in [1.54, 1.807) is 24.5 Å². The van der Waals surface area contributed by atoms with Crippen LogP contribution in [0.25, 0.3) is 0 Å². The van der Waals surface area contributed by atoms with Gasteiger partial charge >= 0.3 is 12.0 Å². The molecule has 20 heavy (non-hydrogen) atoms. The molecule has 0 bridgehead atoms. The third kappa shape index (κ3) is 3.58. The van der Waals surface area contributed by atoms with Crippen molar-refractivity contribution in [1.29, 1.82) is 0 Å². The van der Waals surface area contributed by atoms with Gasteiger partial charge in [-0.2, -0.15) is 0 Å². The topological polar surface area (TPSA) is 107 Å². The Kier molecular flexibility index (Phi) is 4.36. The Morgan fingerprint density at radius 1 is 1.40 bits per heavy atom. The van der Waals surface area contributed by atoms with Crippen molar-refractivity contribution >= 4 is 33.6 Å². The van der Waals surface area contributed by atoms with Crippen molar-refractivity contribution in [2.75, 3.05) is 5.32 Å². The zero-order valence-electron chi connectivity index (χ0n) is 10.2. The first-order valence-electron chi connectivity index (χ1n) is 5.62. The number of carboxylic acids is 1. The van der Waals surface area contributed by atoms with Crippen molar-refractivity contribution in [3.63, 3.8) is 0 Å². The third-order valence-corrected chi connectivity index (χ3v) is 3.12. The molecule has 1 aromatic heterocycles. The predicted molar refractivity (Wildman–Crippen MR) is 75.5 cm³/mol. The fourth-order valence-electron chi connectivity index (χ4n) is 1.50. The lowest BCUT2D eigenvalue weighted by Gasteiger charge is -2.08. The number of imidazole rings is 1. The van der Waals surface area contributed by atoms with Gasteiger partial charge in [-0.1, -0.05) is 0 Å². The molecule has 1 heterocycles. The van der Waals surface area contributed by atoms with Crippen molar-refractivity contribution < 1.29 is 14.7 Å². The molecular weight excluding hydrogens is 328 g/mol. The molecule has 0 aliphatic carbocycles. The van der Waals surface area contributed by atoms with E-state index in [9.17, 15) is 9.59 Å². The molecule has 0 radical (unpaired) electrons. The van der Waals surface area contributed by atoms with Gasteiger partial charge < -0.3 is 20.7 Å². The second-order valence-corrected chi connectivity index (χ2v) is 4.70. The van der Waals surface area contributed by atoms with Crippen molar-refractivity contribution in [3.05, 3.63) is 46.5 Å². The predicted octanol–water partition coefficient (Wildman–Crippen LogP) is 2.19. The molecule has 0 saturated carbocycles. The van der Waals surface area contributed by atoms with Crippen LogP contribution in [0.1, 0.15) is 16.2 Å².